The molecular weight excluding hydrogens is 745 g/mol. The second-order valence-corrected chi connectivity index (χ2v) is 18.8. The van der Waals surface area contributed by atoms with Crippen LogP contribution in [0.1, 0.15) is 77.8 Å². The van der Waals surface area contributed by atoms with Crippen LogP contribution in [0.2, 0.25) is 0 Å². The van der Waals surface area contributed by atoms with Crippen LogP contribution >= 0.6 is 0 Å². The van der Waals surface area contributed by atoms with Crippen LogP contribution in [0.25, 0.3) is 66.8 Å². The first-order valence-corrected chi connectivity index (χ1v) is 22.2. The minimum absolute atomic E-state index is 0.0795. The maximum absolute atomic E-state index is 2.52. The highest BCUT2D eigenvalue weighted by Crippen LogP contribution is 2.60. The fourth-order valence-corrected chi connectivity index (χ4v) is 12.0. The minimum Gasteiger partial charge on any atom is -0.0620 e. The van der Waals surface area contributed by atoms with Crippen molar-refractivity contribution < 1.29 is 0 Å². The lowest BCUT2D eigenvalue weighted by molar-refractivity contribution is 0.660. The van der Waals surface area contributed by atoms with Crippen molar-refractivity contribution in [2.24, 2.45) is 0 Å². The molecule has 0 heteroatoms. The quantitative estimate of drug-likeness (QED) is 0.163. The lowest BCUT2D eigenvalue weighted by Gasteiger charge is -2.35. The molecule has 0 aromatic heterocycles. The first kappa shape index (κ1) is 36.8. The van der Waals surface area contributed by atoms with Gasteiger partial charge in [-0.2, -0.15) is 0 Å². The molecule has 9 aromatic rings. The Morgan fingerprint density at radius 2 is 0.629 bits per heavy atom. The van der Waals surface area contributed by atoms with Gasteiger partial charge < -0.3 is 0 Å². The summed E-state index contributed by atoms with van der Waals surface area (Å²) in [6.07, 6.45) is 0. The van der Waals surface area contributed by atoms with Gasteiger partial charge in [0, 0.05) is 10.8 Å². The highest BCUT2D eigenvalue weighted by Gasteiger charge is 2.48. The topological polar surface area (TPSA) is 0 Å². The molecule has 0 nitrogen and oxygen atoms in total. The first-order chi connectivity index (χ1) is 30.2. The normalized spacial score (nSPS) is 15.2. The van der Waals surface area contributed by atoms with E-state index in [9.17, 15) is 0 Å². The molecule has 0 N–H and O–H groups in total. The SMILES string of the molecule is Cc1ccccc1-c1cccc2c1-c1ccccc1C2(c1cccc(-c2cccc3c2-c2ccccc2C3(C)C)c1)c1cccc(-c2cccc3c2-c2ccccc2C3(C)C)c1. The fraction of sp³-hybridized carbons (Fsp3) is 0.129. The second-order valence-electron chi connectivity index (χ2n) is 18.8. The van der Waals surface area contributed by atoms with Crippen molar-refractivity contribution in [3.8, 4) is 66.8 Å². The van der Waals surface area contributed by atoms with E-state index in [1.54, 1.807) is 0 Å². The van der Waals surface area contributed by atoms with Crippen LogP contribution in [-0.2, 0) is 16.2 Å². The van der Waals surface area contributed by atoms with E-state index in [1.165, 1.54) is 117 Å². The van der Waals surface area contributed by atoms with Gasteiger partial charge in [0.25, 0.3) is 0 Å². The molecule has 3 aliphatic carbocycles. The summed E-state index contributed by atoms with van der Waals surface area (Å²) in [5.41, 5.74) is 26.9. The number of aryl methyl sites for hydroxylation is 1. The zero-order valence-electron chi connectivity index (χ0n) is 36.1. The largest absolute Gasteiger partial charge is 0.0714 e. The third kappa shape index (κ3) is 4.90. The van der Waals surface area contributed by atoms with Crippen molar-refractivity contribution in [1.82, 2.24) is 0 Å². The lowest BCUT2D eigenvalue weighted by atomic mass is 9.66. The Kier molecular flexibility index (Phi) is 7.86. The average Bonchev–Trinajstić information content (AvgIpc) is 3.85. The highest BCUT2D eigenvalue weighted by atomic mass is 14.5. The predicted molar refractivity (Wildman–Crippen MR) is 260 cm³/mol. The molecule has 0 fully saturated rings. The van der Waals surface area contributed by atoms with E-state index < -0.39 is 5.41 Å². The molecule has 9 aromatic carbocycles. The summed E-state index contributed by atoms with van der Waals surface area (Å²) in [6.45, 7) is 11.7. The molecule has 0 radical (unpaired) electrons. The summed E-state index contributed by atoms with van der Waals surface area (Å²) in [6, 6.07) is 76.1. The summed E-state index contributed by atoms with van der Waals surface area (Å²) in [5.74, 6) is 0. The van der Waals surface area contributed by atoms with Crippen LogP contribution < -0.4 is 0 Å². The maximum atomic E-state index is 2.52. The average molecular weight is 793 g/mol. The third-order valence-electron chi connectivity index (χ3n) is 14.9. The number of rotatable bonds is 5. The molecule has 0 saturated carbocycles. The van der Waals surface area contributed by atoms with Crippen LogP contribution in [0.3, 0.4) is 0 Å². The van der Waals surface area contributed by atoms with Gasteiger partial charge in [-0.1, -0.05) is 216 Å². The van der Waals surface area contributed by atoms with Gasteiger partial charge in [-0.05, 0) is 136 Å². The number of benzene rings is 9. The Balaban J connectivity index is 1.15. The molecular formula is C62H48. The molecule has 0 aliphatic heterocycles. The van der Waals surface area contributed by atoms with E-state index in [0.29, 0.717) is 0 Å². The molecule has 0 unspecified atom stereocenters. The highest BCUT2D eigenvalue weighted by molar-refractivity contribution is 5.98. The van der Waals surface area contributed by atoms with E-state index in [-0.39, 0.29) is 10.8 Å². The van der Waals surface area contributed by atoms with Crippen molar-refractivity contribution in [3.63, 3.8) is 0 Å². The molecule has 0 atom stereocenters. The van der Waals surface area contributed by atoms with Crippen LogP contribution in [0.4, 0.5) is 0 Å². The van der Waals surface area contributed by atoms with Crippen LogP contribution in [-0.4, -0.2) is 0 Å². The Labute approximate surface area is 366 Å². The van der Waals surface area contributed by atoms with Gasteiger partial charge in [0.2, 0.25) is 0 Å². The monoisotopic (exact) mass is 792 g/mol. The van der Waals surface area contributed by atoms with Crippen molar-refractivity contribution >= 4 is 0 Å². The van der Waals surface area contributed by atoms with E-state index in [0.717, 1.165) is 0 Å². The predicted octanol–water partition coefficient (Wildman–Crippen LogP) is 16.0. The third-order valence-corrected chi connectivity index (χ3v) is 14.9. The lowest BCUT2D eigenvalue weighted by Crippen LogP contribution is -2.28. The van der Waals surface area contributed by atoms with Crippen molar-refractivity contribution in [2.75, 3.05) is 0 Å². The van der Waals surface area contributed by atoms with Gasteiger partial charge in [0.05, 0.1) is 5.41 Å². The Morgan fingerprint density at radius 3 is 1.15 bits per heavy atom. The summed E-state index contributed by atoms with van der Waals surface area (Å²) < 4.78 is 0. The summed E-state index contributed by atoms with van der Waals surface area (Å²) in [7, 11) is 0. The molecule has 0 amide bonds. The smallest absolute Gasteiger partial charge is 0.0620 e. The number of fused-ring (bicyclic) bond motifs is 9. The van der Waals surface area contributed by atoms with Gasteiger partial charge in [0.15, 0.2) is 0 Å². The van der Waals surface area contributed by atoms with Crippen LogP contribution in [0.15, 0.2) is 200 Å². The van der Waals surface area contributed by atoms with Crippen molar-refractivity contribution in [3.05, 3.63) is 250 Å². The van der Waals surface area contributed by atoms with Crippen LogP contribution in [0.5, 0.6) is 0 Å². The zero-order valence-corrected chi connectivity index (χ0v) is 36.1. The van der Waals surface area contributed by atoms with Gasteiger partial charge >= 0.3 is 0 Å². The van der Waals surface area contributed by atoms with E-state index in [1.807, 2.05) is 0 Å². The zero-order chi connectivity index (χ0) is 42.0. The fourth-order valence-electron chi connectivity index (χ4n) is 12.0. The molecule has 62 heavy (non-hydrogen) atoms. The maximum Gasteiger partial charge on any atom is 0.0714 e. The van der Waals surface area contributed by atoms with E-state index >= 15 is 0 Å². The summed E-state index contributed by atoms with van der Waals surface area (Å²) in [5, 5.41) is 0. The second kappa shape index (κ2) is 13.2. The van der Waals surface area contributed by atoms with Crippen molar-refractivity contribution in [1.29, 1.82) is 0 Å². The van der Waals surface area contributed by atoms with Gasteiger partial charge in [-0.25, -0.2) is 0 Å². The molecule has 0 bridgehead atoms. The summed E-state index contributed by atoms with van der Waals surface area (Å²) in [4.78, 5) is 0. The Morgan fingerprint density at radius 1 is 0.274 bits per heavy atom. The van der Waals surface area contributed by atoms with Crippen LogP contribution in [0, 0.1) is 6.92 Å². The molecule has 3 aliphatic rings. The molecule has 0 saturated heterocycles. The molecule has 0 spiro atoms. The Hall–Kier alpha value is -7.02. The van der Waals surface area contributed by atoms with Crippen molar-refractivity contribution in [2.45, 2.75) is 50.9 Å². The number of hydrogen-bond acceptors (Lipinski definition) is 0. The van der Waals surface area contributed by atoms with E-state index in [4.69, 9.17) is 0 Å². The minimum atomic E-state index is -0.610. The molecule has 0 heterocycles. The van der Waals surface area contributed by atoms with Gasteiger partial charge in [0.1, 0.15) is 0 Å². The molecule has 296 valence electrons. The Bertz CT molecular complexity index is 3160. The summed E-state index contributed by atoms with van der Waals surface area (Å²) >= 11 is 0. The number of hydrogen-bond donors (Lipinski definition) is 0. The standard InChI is InChI=1S/C62H48/c1-39-19-6-7-24-44(39)47-30-18-36-56-59(47)50-27-10-13-33-53(50)62(56,42-22-14-20-40(37-42)45-28-16-34-54-57(45)48-25-8-11-31-51(48)60(54,2)3)43-23-15-21-41(38-43)46-29-17-35-55-58(46)49-26-9-12-32-52(49)61(55,4)5/h6-38H,1-5H3. The van der Waals surface area contributed by atoms with Gasteiger partial charge in [-0.15, -0.1) is 0 Å². The molecule has 12 rings (SSSR count). The first-order valence-electron chi connectivity index (χ1n) is 22.2. The van der Waals surface area contributed by atoms with E-state index in [2.05, 4.69) is 235 Å². The van der Waals surface area contributed by atoms with Gasteiger partial charge in [-0.3, -0.25) is 0 Å².